The molecule has 0 saturated carbocycles. The smallest absolute Gasteiger partial charge is 0.0634 e. The lowest BCUT2D eigenvalue weighted by Crippen LogP contribution is -2.35. The van der Waals surface area contributed by atoms with Crippen LogP contribution in [0.4, 0.5) is 0 Å². The molecule has 0 saturated heterocycles. The van der Waals surface area contributed by atoms with Crippen molar-refractivity contribution in [2.24, 2.45) is 5.73 Å². The second kappa shape index (κ2) is 8.93. The Hall–Kier alpha value is -0.160. The molecule has 0 aromatic heterocycles. The fraction of sp³-hybridized carbons (Fsp3) is 1.00. The van der Waals surface area contributed by atoms with Gasteiger partial charge in [-0.3, -0.25) is 0 Å². The summed E-state index contributed by atoms with van der Waals surface area (Å²) in [5, 5.41) is 0. The summed E-state index contributed by atoms with van der Waals surface area (Å²) in [6.07, 6.45) is 2.06. The fourth-order valence-corrected chi connectivity index (χ4v) is 1.40. The number of ether oxygens (including phenoxy) is 2. The predicted octanol–water partition coefficient (Wildman–Crippen LogP) is 1.10. The second-order valence-electron chi connectivity index (χ2n) is 4.69. The molecule has 0 rings (SSSR count). The highest BCUT2D eigenvalue weighted by Gasteiger charge is 2.17. The van der Waals surface area contributed by atoms with Crippen LogP contribution >= 0.6 is 0 Å². The van der Waals surface area contributed by atoms with Gasteiger partial charge in [-0.15, -0.1) is 0 Å². The van der Waals surface area contributed by atoms with Crippen LogP contribution in [0.25, 0.3) is 0 Å². The molecule has 0 aromatic rings. The summed E-state index contributed by atoms with van der Waals surface area (Å²) in [4.78, 5) is 2.39. The molecule has 0 aliphatic carbocycles. The average molecular weight is 232 g/mol. The molecule has 0 aliphatic rings. The molecule has 2 N–H and O–H groups in total. The number of methoxy groups -OCH3 is 2. The van der Waals surface area contributed by atoms with Gasteiger partial charge in [0.15, 0.2) is 0 Å². The number of nitrogens with zero attached hydrogens (tertiary/aromatic N) is 1. The van der Waals surface area contributed by atoms with Crippen LogP contribution in [0.3, 0.4) is 0 Å². The van der Waals surface area contributed by atoms with E-state index in [1.165, 1.54) is 0 Å². The lowest BCUT2D eigenvalue weighted by Gasteiger charge is -2.28. The highest BCUT2D eigenvalue weighted by atomic mass is 16.5. The van der Waals surface area contributed by atoms with Gasteiger partial charge in [0.2, 0.25) is 0 Å². The zero-order valence-electron chi connectivity index (χ0n) is 11.3. The molecule has 4 nitrogen and oxygen atoms in total. The first kappa shape index (κ1) is 15.8. The Morgan fingerprint density at radius 2 is 1.81 bits per heavy atom. The Labute approximate surface area is 100 Å². The van der Waals surface area contributed by atoms with Crippen LogP contribution in [0, 0.1) is 0 Å². The van der Waals surface area contributed by atoms with Gasteiger partial charge in [-0.1, -0.05) is 0 Å². The Kier molecular flexibility index (Phi) is 8.84. The van der Waals surface area contributed by atoms with E-state index in [1.807, 2.05) is 0 Å². The number of nitrogens with two attached hydrogens (primary N) is 1. The van der Waals surface area contributed by atoms with E-state index >= 15 is 0 Å². The largest absolute Gasteiger partial charge is 0.383 e. The van der Waals surface area contributed by atoms with Crippen LogP contribution in [0.1, 0.15) is 26.7 Å². The normalized spacial score (nSPS) is 12.4. The SMILES string of the molecule is COCCN(CCCN)CCC(C)(C)OC. The van der Waals surface area contributed by atoms with Crippen molar-refractivity contribution in [1.82, 2.24) is 4.90 Å². The first-order valence-electron chi connectivity index (χ1n) is 6.02. The van der Waals surface area contributed by atoms with E-state index in [4.69, 9.17) is 15.2 Å². The van der Waals surface area contributed by atoms with Crippen LogP contribution in [-0.2, 0) is 9.47 Å². The third-order valence-corrected chi connectivity index (χ3v) is 2.87. The second-order valence-corrected chi connectivity index (χ2v) is 4.69. The summed E-state index contributed by atoms with van der Waals surface area (Å²) in [7, 11) is 3.50. The predicted molar refractivity (Wildman–Crippen MR) is 67.7 cm³/mol. The van der Waals surface area contributed by atoms with Crippen LogP contribution in [-0.4, -0.2) is 57.5 Å². The molecule has 0 unspecified atom stereocenters. The Bertz CT molecular complexity index is 155. The van der Waals surface area contributed by atoms with E-state index in [1.54, 1.807) is 14.2 Å². The lowest BCUT2D eigenvalue weighted by molar-refractivity contribution is 0.00569. The number of hydrogen-bond acceptors (Lipinski definition) is 4. The van der Waals surface area contributed by atoms with Gasteiger partial charge in [0.05, 0.1) is 12.2 Å². The molecule has 16 heavy (non-hydrogen) atoms. The maximum Gasteiger partial charge on any atom is 0.0634 e. The van der Waals surface area contributed by atoms with Crippen molar-refractivity contribution in [3.05, 3.63) is 0 Å². The summed E-state index contributed by atoms with van der Waals surface area (Å²) in [5.74, 6) is 0. The Balaban J connectivity index is 3.89. The van der Waals surface area contributed by atoms with Gasteiger partial charge in [-0.2, -0.15) is 0 Å². The maximum absolute atomic E-state index is 5.53. The van der Waals surface area contributed by atoms with E-state index in [-0.39, 0.29) is 5.60 Å². The van der Waals surface area contributed by atoms with Gasteiger partial charge in [-0.25, -0.2) is 0 Å². The van der Waals surface area contributed by atoms with Gasteiger partial charge in [0.1, 0.15) is 0 Å². The zero-order valence-corrected chi connectivity index (χ0v) is 11.3. The van der Waals surface area contributed by atoms with E-state index in [2.05, 4.69) is 18.7 Å². The molecule has 4 heteroatoms. The molecular weight excluding hydrogens is 204 g/mol. The van der Waals surface area contributed by atoms with E-state index in [0.29, 0.717) is 0 Å². The molecule has 0 heterocycles. The Morgan fingerprint density at radius 1 is 1.12 bits per heavy atom. The van der Waals surface area contributed by atoms with E-state index < -0.39 is 0 Å². The van der Waals surface area contributed by atoms with Crippen molar-refractivity contribution in [3.8, 4) is 0 Å². The lowest BCUT2D eigenvalue weighted by atomic mass is 10.1. The zero-order chi connectivity index (χ0) is 12.4. The average Bonchev–Trinajstić information content (AvgIpc) is 2.28. The first-order chi connectivity index (χ1) is 7.55. The van der Waals surface area contributed by atoms with Crippen molar-refractivity contribution in [2.45, 2.75) is 32.3 Å². The summed E-state index contributed by atoms with van der Waals surface area (Å²) >= 11 is 0. The van der Waals surface area contributed by atoms with Crippen LogP contribution in [0.15, 0.2) is 0 Å². The molecule has 0 atom stereocenters. The monoisotopic (exact) mass is 232 g/mol. The molecule has 0 fully saturated rings. The summed E-state index contributed by atoms with van der Waals surface area (Å²) in [6, 6.07) is 0. The molecule has 0 bridgehead atoms. The van der Waals surface area contributed by atoms with Crippen molar-refractivity contribution in [2.75, 3.05) is 47.0 Å². The van der Waals surface area contributed by atoms with Crippen molar-refractivity contribution < 1.29 is 9.47 Å². The van der Waals surface area contributed by atoms with E-state index in [0.717, 1.165) is 45.6 Å². The molecule has 0 aromatic carbocycles. The van der Waals surface area contributed by atoms with Gasteiger partial charge in [0, 0.05) is 27.3 Å². The molecule has 0 aliphatic heterocycles. The van der Waals surface area contributed by atoms with E-state index in [9.17, 15) is 0 Å². The highest BCUT2D eigenvalue weighted by molar-refractivity contribution is 4.71. The van der Waals surface area contributed by atoms with Gasteiger partial charge in [-0.05, 0) is 39.8 Å². The quantitative estimate of drug-likeness (QED) is 0.613. The molecule has 0 radical (unpaired) electrons. The van der Waals surface area contributed by atoms with Crippen LogP contribution in [0.2, 0.25) is 0 Å². The van der Waals surface area contributed by atoms with Gasteiger partial charge < -0.3 is 20.1 Å². The molecule has 0 amide bonds. The van der Waals surface area contributed by atoms with Crippen molar-refractivity contribution in [1.29, 1.82) is 0 Å². The topological polar surface area (TPSA) is 47.7 Å². The number of hydrogen-bond donors (Lipinski definition) is 1. The van der Waals surface area contributed by atoms with Crippen molar-refractivity contribution in [3.63, 3.8) is 0 Å². The molecular formula is C12H28N2O2. The minimum Gasteiger partial charge on any atom is -0.383 e. The number of rotatable bonds is 10. The summed E-state index contributed by atoms with van der Waals surface area (Å²) in [6.45, 7) is 8.80. The minimum absolute atomic E-state index is 0.0476. The summed E-state index contributed by atoms with van der Waals surface area (Å²) in [5.41, 5.74) is 5.48. The highest BCUT2D eigenvalue weighted by Crippen LogP contribution is 2.13. The molecule has 98 valence electrons. The van der Waals surface area contributed by atoms with Gasteiger partial charge in [0.25, 0.3) is 0 Å². The Morgan fingerprint density at radius 3 is 2.31 bits per heavy atom. The van der Waals surface area contributed by atoms with Crippen molar-refractivity contribution >= 4 is 0 Å². The summed E-state index contributed by atoms with van der Waals surface area (Å²) < 4.78 is 10.5. The fourth-order valence-electron chi connectivity index (χ4n) is 1.40. The maximum atomic E-state index is 5.53. The third-order valence-electron chi connectivity index (χ3n) is 2.87. The molecule has 0 spiro atoms. The van der Waals surface area contributed by atoms with Gasteiger partial charge >= 0.3 is 0 Å². The first-order valence-corrected chi connectivity index (χ1v) is 6.02. The van der Waals surface area contributed by atoms with Crippen LogP contribution < -0.4 is 5.73 Å². The standard InChI is InChI=1S/C12H28N2O2/c1-12(2,16-4)6-9-14(8-5-7-13)10-11-15-3/h5-11,13H2,1-4H3. The third kappa shape index (κ3) is 8.05. The van der Waals surface area contributed by atoms with Crippen LogP contribution in [0.5, 0.6) is 0 Å². The minimum atomic E-state index is -0.0476.